The summed E-state index contributed by atoms with van der Waals surface area (Å²) < 4.78 is 0. The predicted molar refractivity (Wildman–Crippen MR) is 85.8 cm³/mol. The van der Waals surface area contributed by atoms with Gasteiger partial charge in [-0.2, -0.15) is 0 Å². The molecule has 2 atom stereocenters. The van der Waals surface area contributed by atoms with Crippen molar-refractivity contribution in [2.45, 2.75) is 90.6 Å². The van der Waals surface area contributed by atoms with Gasteiger partial charge in [0.2, 0.25) is 5.91 Å². The number of hydrogen-bond donors (Lipinski definition) is 2. The van der Waals surface area contributed by atoms with E-state index in [1.807, 2.05) is 20.8 Å². The van der Waals surface area contributed by atoms with Gasteiger partial charge in [0.25, 0.3) is 0 Å². The molecule has 0 heterocycles. The standard InChI is InChI=1S/C17H34N2O/c1-5-7-14-8-6-9-15(11-10-14)18-13-12-16(20)19-17(2,3)4/h14-15,18H,5-13H2,1-4H3,(H,19,20). The van der Waals surface area contributed by atoms with Crippen LogP contribution in [0.1, 0.15) is 79.1 Å². The van der Waals surface area contributed by atoms with E-state index in [0.717, 1.165) is 12.5 Å². The molecular weight excluding hydrogens is 248 g/mol. The van der Waals surface area contributed by atoms with E-state index in [0.29, 0.717) is 12.5 Å². The molecule has 2 unspecified atom stereocenters. The van der Waals surface area contributed by atoms with Crippen molar-refractivity contribution in [1.29, 1.82) is 0 Å². The van der Waals surface area contributed by atoms with Crippen LogP contribution >= 0.6 is 0 Å². The Hall–Kier alpha value is -0.570. The van der Waals surface area contributed by atoms with Gasteiger partial charge in [-0.25, -0.2) is 0 Å². The summed E-state index contributed by atoms with van der Waals surface area (Å²) in [6, 6.07) is 0.624. The maximum absolute atomic E-state index is 11.8. The van der Waals surface area contributed by atoms with Crippen LogP contribution in [0.3, 0.4) is 0 Å². The van der Waals surface area contributed by atoms with Gasteiger partial charge in [0.05, 0.1) is 0 Å². The normalized spacial score (nSPS) is 24.2. The molecule has 0 saturated heterocycles. The molecular formula is C17H34N2O. The Labute approximate surface area is 125 Å². The van der Waals surface area contributed by atoms with Crippen LogP contribution in [-0.4, -0.2) is 24.0 Å². The lowest BCUT2D eigenvalue weighted by Crippen LogP contribution is -2.42. The zero-order valence-corrected chi connectivity index (χ0v) is 13.9. The third-order valence-corrected chi connectivity index (χ3v) is 4.08. The summed E-state index contributed by atoms with van der Waals surface area (Å²) in [7, 11) is 0. The van der Waals surface area contributed by atoms with E-state index in [-0.39, 0.29) is 11.4 Å². The van der Waals surface area contributed by atoms with E-state index in [9.17, 15) is 4.79 Å². The molecule has 2 N–H and O–H groups in total. The van der Waals surface area contributed by atoms with Crippen LogP contribution in [-0.2, 0) is 4.79 Å². The maximum Gasteiger partial charge on any atom is 0.221 e. The average molecular weight is 282 g/mol. The van der Waals surface area contributed by atoms with Crippen molar-refractivity contribution in [3.63, 3.8) is 0 Å². The van der Waals surface area contributed by atoms with Crippen LogP contribution in [0.4, 0.5) is 0 Å². The van der Waals surface area contributed by atoms with Gasteiger partial charge < -0.3 is 10.6 Å². The van der Waals surface area contributed by atoms with Crippen molar-refractivity contribution in [3.05, 3.63) is 0 Å². The monoisotopic (exact) mass is 282 g/mol. The van der Waals surface area contributed by atoms with Gasteiger partial charge >= 0.3 is 0 Å². The largest absolute Gasteiger partial charge is 0.351 e. The molecule has 1 amide bonds. The van der Waals surface area contributed by atoms with Crippen LogP contribution in [0.2, 0.25) is 0 Å². The zero-order chi connectivity index (χ0) is 15.0. The summed E-state index contributed by atoms with van der Waals surface area (Å²) >= 11 is 0. The Balaban J connectivity index is 2.17. The van der Waals surface area contributed by atoms with Crippen molar-refractivity contribution in [2.24, 2.45) is 5.92 Å². The Bertz CT molecular complexity index is 283. The van der Waals surface area contributed by atoms with E-state index < -0.39 is 0 Å². The molecule has 1 fully saturated rings. The third kappa shape index (κ3) is 7.88. The lowest BCUT2D eigenvalue weighted by atomic mass is 9.95. The maximum atomic E-state index is 11.8. The first-order chi connectivity index (χ1) is 9.40. The van der Waals surface area contributed by atoms with Crippen molar-refractivity contribution >= 4 is 5.91 Å². The summed E-state index contributed by atoms with van der Waals surface area (Å²) in [4.78, 5) is 11.8. The minimum atomic E-state index is -0.118. The molecule has 0 spiro atoms. The first-order valence-electron chi connectivity index (χ1n) is 8.45. The van der Waals surface area contributed by atoms with E-state index >= 15 is 0 Å². The molecule has 1 rings (SSSR count). The summed E-state index contributed by atoms with van der Waals surface area (Å²) in [5, 5.41) is 6.59. The van der Waals surface area contributed by atoms with E-state index in [1.165, 1.54) is 44.9 Å². The van der Waals surface area contributed by atoms with Gasteiger partial charge in [-0.05, 0) is 46.0 Å². The van der Waals surface area contributed by atoms with Crippen molar-refractivity contribution < 1.29 is 4.79 Å². The van der Waals surface area contributed by atoms with E-state index in [2.05, 4.69) is 17.6 Å². The van der Waals surface area contributed by atoms with Gasteiger partial charge in [0, 0.05) is 24.5 Å². The first kappa shape index (κ1) is 17.5. The van der Waals surface area contributed by atoms with Gasteiger partial charge in [-0.3, -0.25) is 4.79 Å². The summed E-state index contributed by atoms with van der Waals surface area (Å²) in [5.74, 6) is 1.10. The van der Waals surface area contributed by atoms with Crippen molar-refractivity contribution in [1.82, 2.24) is 10.6 Å². The Morgan fingerprint density at radius 2 is 1.90 bits per heavy atom. The van der Waals surface area contributed by atoms with Gasteiger partial charge in [-0.1, -0.05) is 32.6 Å². The number of rotatable bonds is 6. The topological polar surface area (TPSA) is 41.1 Å². The fourth-order valence-corrected chi connectivity index (χ4v) is 3.15. The summed E-state index contributed by atoms with van der Waals surface area (Å²) in [6.45, 7) is 9.17. The Morgan fingerprint density at radius 3 is 2.55 bits per heavy atom. The van der Waals surface area contributed by atoms with Crippen LogP contribution < -0.4 is 10.6 Å². The number of carbonyl (C=O) groups excluding carboxylic acids is 1. The number of amides is 1. The molecule has 1 aliphatic carbocycles. The lowest BCUT2D eigenvalue weighted by molar-refractivity contribution is -0.122. The van der Waals surface area contributed by atoms with E-state index in [4.69, 9.17) is 0 Å². The van der Waals surface area contributed by atoms with Crippen LogP contribution in [0, 0.1) is 5.92 Å². The van der Waals surface area contributed by atoms with Gasteiger partial charge in [0.15, 0.2) is 0 Å². The second-order valence-electron chi connectivity index (χ2n) is 7.36. The number of hydrogen-bond acceptors (Lipinski definition) is 2. The number of nitrogens with one attached hydrogen (secondary N) is 2. The average Bonchev–Trinajstić information content (AvgIpc) is 2.53. The Kier molecular flexibility index (Phi) is 7.57. The second-order valence-corrected chi connectivity index (χ2v) is 7.36. The quantitative estimate of drug-likeness (QED) is 0.730. The fourth-order valence-electron chi connectivity index (χ4n) is 3.15. The highest BCUT2D eigenvalue weighted by molar-refractivity contribution is 5.76. The molecule has 0 bridgehead atoms. The molecule has 0 radical (unpaired) electrons. The lowest BCUT2D eigenvalue weighted by Gasteiger charge is -2.21. The van der Waals surface area contributed by atoms with Gasteiger partial charge in [0.1, 0.15) is 0 Å². The minimum absolute atomic E-state index is 0.118. The highest BCUT2D eigenvalue weighted by Crippen LogP contribution is 2.26. The molecule has 1 saturated carbocycles. The zero-order valence-electron chi connectivity index (χ0n) is 13.9. The highest BCUT2D eigenvalue weighted by atomic mass is 16.1. The molecule has 0 aromatic carbocycles. The molecule has 20 heavy (non-hydrogen) atoms. The highest BCUT2D eigenvalue weighted by Gasteiger charge is 2.18. The molecule has 0 aromatic heterocycles. The van der Waals surface area contributed by atoms with Crippen molar-refractivity contribution in [3.8, 4) is 0 Å². The van der Waals surface area contributed by atoms with Crippen LogP contribution in [0.5, 0.6) is 0 Å². The molecule has 0 aliphatic heterocycles. The predicted octanol–water partition coefficient (Wildman–Crippen LogP) is 3.63. The minimum Gasteiger partial charge on any atom is -0.351 e. The van der Waals surface area contributed by atoms with Crippen LogP contribution in [0.25, 0.3) is 0 Å². The smallest absolute Gasteiger partial charge is 0.221 e. The molecule has 1 aliphatic rings. The molecule has 3 nitrogen and oxygen atoms in total. The first-order valence-corrected chi connectivity index (χ1v) is 8.45. The summed E-state index contributed by atoms with van der Waals surface area (Å²) in [6.07, 6.45) is 9.96. The second kappa shape index (κ2) is 8.66. The fraction of sp³-hybridized carbons (Fsp3) is 0.941. The Morgan fingerprint density at radius 1 is 1.15 bits per heavy atom. The number of carbonyl (C=O) groups is 1. The molecule has 118 valence electrons. The molecule has 3 heteroatoms. The SMILES string of the molecule is CCCC1CCCC(NCCC(=O)NC(C)(C)C)CC1. The molecule has 0 aromatic rings. The summed E-state index contributed by atoms with van der Waals surface area (Å²) in [5.41, 5.74) is -0.118. The van der Waals surface area contributed by atoms with Gasteiger partial charge in [-0.15, -0.1) is 0 Å². The van der Waals surface area contributed by atoms with E-state index in [1.54, 1.807) is 0 Å². The van der Waals surface area contributed by atoms with Crippen LogP contribution in [0.15, 0.2) is 0 Å². The third-order valence-electron chi connectivity index (χ3n) is 4.08. The van der Waals surface area contributed by atoms with Crippen molar-refractivity contribution in [2.75, 3.05) is 6.54 Å².